The van der Waals surface area contributed by atoms with Crippen molar-refractivity contribution < 1.29 is 4.74 Å². The maximum atomic E-state index is 6.01. The molecule has 0 spiro atoms. The highest BCUT2D eigenvalue weighted by Crippen LogP contribution is 2.27. The van der Waals surface area contributed by atoms with Gasteiger partial charge in [0, 0.05) is 0 Å². The Kier molecular flexibility index (Phi) is 2.99. The van der Waals surface area contributed by atoms with Gasteiger partial charge in [0.1, 0.15) is 11.9 Å². The van der Waals surface area contributed by atoms with Crippen LogP contribution in [0.1, 0.15) is 17.8 Å². The minimum Gasteiger partial charge on any atom is -0.490 e. The van der Waals surface area contributed by atoms with Crippen molar-refractivity contribution in [2.24, 2.45) is 0 Å². The van der Waals surface area contributed by atoms with Crippen LogP contribution in [0.25, 0.3) is 10.2 Å². The third kappa shape index (κ3) is 2.42. The van der Waals surface area contributed by atoms with Crippen LogP contribution in [0.4, 0.5) is 0 Å². The van der Waals surface area contributed by atoms with Gasteiger partial charge in [0.15, 0.2) is 0 Å². The molecule has 3 rings (SSSR count). The lowest BCUT2D eigenvalue weighted by molar-refractivity contribution is 0.162. The number of aromatic nitrogens is 1. The monoisotopic (exact) mass is 248 g/mol. The normalized spacial score (nSPS) is 17.5. The molecular weight excluding hydrogens is 232 g/mol. The molecule has 0 atom stereocenters. The van der Waals surface area contributed by atoms with Gasteiger partial charge in [-0.2, -0.15) is 0 Å². The largest absolute Gasteiger partial charge is 0.490 e. The first-order valence-electron chi connectivity index (χ1n) is 6.06. The molecule has 1 N–H and O–H groups in total. The summed E-state index contributed by atoms with van der Waals surface area (Å²) in [5.41, 5.74) is 1.07. The van der Waals surface area contributed by atoms with Gasteiger partial charge in [0.25, 0.3) is 0 Å². The number of benzene rings is 1. The number of aryl methyl sites for hydroxylation is 1. The van der Waals surface area contributed by atoms with Crippen LogP contribution in [-0.2, 0) is 0 Å². The Bertz CT molecular complexity index is 517. The fourth-order valence-electron chi connectivity index (χ4n) is 2.20. The smallest absolute Gasteiger partial charge is 0.121 e. The molecule has 0 bridgehead atoms. The fraction of sp³-hybridized carbons (Fsp3) is 0.462. The molecule has 0 saturated carbocycles. The Morgan fingerprint density at radius 2 is 2.18 bits per heavy atom. The minimum absolute atomic E-state index is 0.364. The SMILES string of the molecule is Cc1nc2ccc(OC3CCNCC3)cc2s1. The second-order valence-corrected chi connectivity index (χ2v) is 5.66. The van der Waals surface area contributed by atoms with Gasteiger partial charge in [-0.25, -0.2) is 4.98 Å². The Hall–Kier alpha value is -1.13. The maximum absolute atomic E-state index is 6.01. The highest BCUT2D eigenvalue weighted by atomic mass is 32.1. The van der Waals surface area contributed by atoms with Crippen LogP contribution in [0, 0.1) is 6.92 Å². The number of thiazole rings is 1. The van der Waals surface area contributed by atoms with Gasteiger partial charge in [-0.15, -0.1) is 11.3 Å². The Morgan fingerprint density at radius 1 is 1.35 bits per heavy atom. The summed E-state index contributed by atoms with van der Waals surface area (Å²) in [6.07, 6.45) is 2.56. The molecular formula is C13H16N2OS. The zero-order valence-electron chi connectivity index (χ0n) is 9.90. The second-order valence-electron chi connectivity index (χ2n) is 4.43. The third-order valence-electron chi connectivity index (χ3n) is 3.06. The van der Waals surface area contributed by atoms with Gasteiger partial charge in [0.2, 0.25) is 0 Å². The summed E-state index contributed by atoms with van der Waals surface area (Å²) in [6.45, 7) is 4.16. The first kappa shape index (κ1) is 11.0. The van der Waals surface area contributed by atoms with E-state index in [9.17, 15) is 0 Å². The van der Waals surface area contributed by atoms with Crippen LogP contribution in [0.2, 0.25) is 0 Å². The van der Waals surface area contributed by atoms with Gasteiger partial charge < -0.3 is 10.1 Å². The molecule has 0 radical (unpaired) electrons. The molecule has 1 fully saturated rings. The van der Waals surface area contributed by atoms with E-state index in [4.69, 9.17) is 4.74 Å². The van der Waals surface area contributed by atoms with Crippen molar-refractivity contribution in [1.29, 1.82) is 0 Å². The standard InChI is InChI=1S/C13H16N2OS/c1-9-15-12-3-2-11(8-13(12)17-9)16-10-4-6-14-7-5-10/h2-3,8,10,14H,4-7H2,1H3. The van der Waals surface area contributed by atoms with Crippen LogP contribution < -0.4 is 10.1 Å². The van der Waals surface area contributed by atoms with E-state index in [0.29, 0.717) is 6.10 Å². The van der Waals surface area contributed by atoms with Crippen molar-refractivity contribution in [2.45, 2.75) is 25.9 Å². The van der Waals surface area contributed by atoms with E-state index in [2.05, 4.69) is 22.4 Å². The molecule has 0 aliphatic carbocycles. The first-order valence-corrected chi connectivity index (χ1v) is 6.87. The topological polar surface area (TPSA) is 34.1 Å². The Morgan fingerprint density at radius 3 is 3.00 bits per heavy atom. The fourth-order valence-corrected chi connectivity index (χ4v) is 3.05. The number of fused-ring (bicyclic) bond motifs is 1. The summed E-state index contributed by atoms with van der Waals surface area (Å²) in [5, 5.41) is 4.46. The van der Waals surface area contributed by atoms with E-state index in [1.807, 2.05) is 13.0 Å². The number of nitrogens with zero attached hydrogens (tertiary/aromatic N) is 1. The summed E-state index contributed by atoms with van der Waals surface area (Å²) < 4.78 is 7.23. The Labute approximate surface area is 105 Å². The van der Waals surface area contributed by atoms with Crippen molar-refractivity contribution in [3.63, 3.8) is 0 Å². The average molecular weight is 248 g/mol. The van der Waals surface area contributed by atoms with Crippen LogP contribution in [0.3, 0.4) is 0 Å². The molecule has 1 aromatic carbocycles. The minimum atomic E-state index is 0.364. The van der Waals surface area contributed by atoms with Gasteiger partial charge in [0.05, 0.1) is 15.2 Å². The lowest BCUT2D eigenvalue weighted by Crippen LogP contribution is -2.34. The number of rotatable bonds is 2. The lowest BCUT2D eigenvalue weighted by atomic mass is 10.1. The number of hydrogen-bond acceptors (Lipinski definition) is 4. The van der Waals surface area contributed by atoms with E-state index in [1.54, 1.807) is 11.3 Å². The molecule has 17 heavy (non-hydrogen) atoms. The summed E-state index contributed by atoms with van der Waals surface area (Å²) in [4.78, 5) is 4.45. The number of piperidine rings is 1. The lowest BCUT2D eigenvalue weighted by Gasteiger charge is -2.23. The van der Waals surface area contributed by atoms with Gasteiger partial charge in [-0.3, -0.25) is 0 Å². The van der Waals surface area contributed by atoms with Crippen molar-refractivity contribution in [3.05, 3.63) is 23.2 Å². The predicted molar refractivity (Wildman–Crippen MR) is 70.9 cm³/mol. The first-order chi connectivity index (χ1) is 8.31. The van der Waals surface area contributed by atoms with Crippen molar-refractivity contribution in [2.75, 3.05) is 13.1 Å². The number of nitrogens with one attached hydrogen (secondary N) is 1. The molecule has 90 valence electrons. The molecule has 1 saturated heterocycles. The van der Waals surface area contributed by atoms with Crippen LogP contribution in [0.15, 0.2) is 18.2 Å². The maximum Gasteiger partial charge on any atom is 0.121 e. The summed E-state index contributed by atoms with van der Waals surface area (Å²) >= 11 is 1.72. The molecule has 1 aliphatic rings. The average Bonchev–Trinajstić information content (AvgIpc) is 2.70. The predicted octanol–water partition coefficient (Wildman–Crippen LogP) is 2.74. The molecule has 0 amide bonds. The van der Waals surface area contributed by atoms with Gasteiger partial charge in [-0.05, 0) is 51.1 Å². The van der Waals surface area contributed by atoms with E-state index in [1.165, 1.54) is 4.70 Å². The van der Waals surface area contributed by atoms with Crippen molar-refractivity contribution in [1.82, 2.24) is 10.3 Å². The molecule has 1 aromatic heterocycles. The van der Waals surface area contributed by atoms with Gasteiger partial charge >= 0.3 is 0 Å². The second kappa shape index (κ2) is 4.63. The quantitative estimate of drug-likeness (QED) is 0.887. The van der Waals surface area contributed by atoms with Crippen molar-refractivity contribution in [3.8, 4) is 5.75 Å². The van der Waals surface area contributed by atoms with Crippen LogP contribution in [-0.4, -0.2) is 24.2 Å². The van der Waals surface area contributed by atoms with E-state index in [-0.39, 0.29) is 0 Å². The summed E-state index contributed by atoms with van der Waals surface area (Å²) in [7, 11) is 0. The molecule has 1 aliphatic heterocycles. The van der Waals surface area contributed by atoms with E-state index < -0.39 is 0 Å². The molecule has 0 unspecified atom stereocenters. The summed E-state index contributed by atoms with van der Waals surface area (Å²) in [5.74, 6) is 0.980. The summed E-state index contributed by atoms with van der Waals surface area (Å²) in [6, 6.07) is 6.20. The zero-order chi connectivity index (χ0) is 11.7. The molecule has 2 aromatic rings. The van der Waals surface area contributed by atoms with E-state index in [0.717, 1.165) is 42.2 Å². The molecule has 3 nitrogen and oxygen atoms in total. The third-order valence-corrected chi connectivity index (χ3v) is 3.99. The Balaban J connectivity index is 1.79. The molecule has 4 heteroatoms. The molecule has 2 heterocycles. The van der Waals surface area contributed by atoms with Gasteiger partial charge in [-0.1, -0.05) is 0 Å². The van der Waals surface area contributed by atoms with Crippen LogP contribution >= 0.6 is 11.3 Å². The highest BCUT2D eigenvalue weighted by molar-refractivity contribution is 7.18. The highest BCUT2D eigenvalue weighted by Gasteiger charge is 2.14. The van der Waals surface area contributed by atoms with E-state index >= 15 is 0 Å². The number of hydrogen-bond donors (Lipinski definition) is 1. The number of ether oxygens (including phenoxy) is 1. The van der Waals surface area contributed by atoms with Crippen LogP contribution in [0.5, 0.6) is 5.75 Å². The zero-order valence-corrected chi connectivity index (χ0v) is 10.7. The van der Waals surface area contributed by atoms with Crippen molar-refractivity contribution >= 4 is 21.6 Å².